The summed E-state index contributed by atoms with van der Waals surface area (Å²) in [4.78, 5) is 11.3. The lowest BCUT2D eigenvalue weighted by Gasteiger charge is -1.99. The Hall–Kier alpha value is -1.71. The van der Waals surface area contributed by atoms with Crippen LogP contribution in [0.5, 0.6) is 5.88 Å². The van der Waals surface area contributed by atoms with E-state index in [9.17, 15) is 4.79 Å². The second-order valence-corrected chi connectivity index (χ2v) is 2.57. The molecule has 0 saturated heterocycles. The minimum absolute atomic E-state index is 0.199. The Bertz CT molecular complexity index is 330. The van der Waals surface area contributed by atoms with Gasteiger partial charge in [0, 0.05) is 6.07 Å². The Balaban J connectivity index is 2.92. The van der Waals surface area contributed by atoms with Gasteiger partial charge in [0.1, 0.15) is 5.69 Å². The number of rotatable bonds is 3. The van der Waals surface area contributed by atoms with Gasteiger partial charge >= 0.3 is 0 Å². The molecule has 0 aromatic carbocycles. The van der Waals surface area contributed by atoms with Crippen molar-refractivity contribution in [2.75, 3.05) is 7.11 Å². The number of carbonyl (C=O) groups excluding carboxylic acids is 1. The smallest absolute Gasteiger partial charge is 0.233 e. The molecule has 0 aliphatic rings. The molecule has 0 amide bonds. The van der Waals surface area contributed by atoms with E-state index in [1.54, 1.807) is 19.1 Å². The maximum Gasteiger partial charge on any atom is 0.233 e. The number of hydrogen-bond donors (Lipinski definition) is 0. The van der Waals surface area contributed by atoms with Crippen molar-refractivity contribution in [2.24, 2.45) is 0 Å². The topological polar surface area (TPSA) is 52.1 Å². The highest BCUT2D eigenvalue weighted by Gasteiger charge is 2.08. The highest BCUT2D eigenvalue weighted by Crippen LogP contribution is 2.06. The van der Waals surface area contributed by atoms with E-state index in [4.69, 9.17) is 4.74 Å². The summed E-state index contributed by atoms with van der Waals surface area (Å²) in [5.74, 6) is 0.188. The molecule has 1 rings (SSSR count). The highest BCUT2D eigenvalue weighted by molar-refractivity contribution is 6.06. The molecule has 0 radical (unpaired) electrons. The summed E-state index contributed by atoms with van der Waals surface area (Å²) in [6.07, 6.45) is 0. The molecule has 0 bridgehead atoms. The molecule has 1 heterocycles. The van der Waals surface area contributed by atoms with Crippen molar-refractivity contribution in [1.29, 1.82) is 0 Å². The zero-order valence-electron chi connectivity index (χ0n) is 7.57. The molecule has 0 saturated carbocycles. The molecule has 13 heavy (non-hydrogen) atoms. The monoisotopic (exact) mass is 178 g/mol. The van der Waals surface area contributed by atoms with Gasteiger partial charge in [0.2, 0.25) is 11.7 Å². The molecule has 0 aliphatic heterocycles. The molecule has 0 aliphatic carbocycles. The normalized spacial score (nSPS) is 9.38. The highest BCUT2D eigenvalue weighted by atomic mass is 16.5. The number of aromatic nitrogens is 2. The first kappa shape index (κ1) is 9.38. The minimum atomic E-state index is -0.199. The lowest BCUT2D eigenvalue weighted by Crippen LogP contribution is -2.04. The molecular weight excluding hydrogens is 168 g/mol. The van der Waals surface area contributed by atoms with Crippen molar-refractivity contribution in [3.05, 3.63) is 30.0 Å². The minimum Gasteiger partial charge on any atom is -0.480 e. The summed E-state index contributed by atoms with van der Waals surface area (Å²) in [5.41, 5.74) is 0.729. The number of methoxy groups -OCH3 is 1. The third-order valence-electron chi connectivity index (χ3n) is 1.47. The van der Waals surface area contributed by atoms with Crippen molar-refractivity contribution >= 4 is 5.78 Å². The van der Waals surface area contributed by atoms with E-state index in [1.165, 1.54) is 7.11 Å². The maximum atomic E-state index is 11.3. The summed E-state index contributed by atoms with van der Waals surface area (Å²) in [7, 11) is 1.49. The van der Waals surface area contributed by atoms with Crippen molar-refractivity contribution in [1.82, 2.24) is 10.2 Å². The predicted octanol–water partition coefficient (Wildman–Crippen LogP) is 1.24. The van der Waals surface area contributed by atoms with E-state index in [2.05, 4.69) is 16.8 Å². The molecule has 0 unspecified atom stereocenters. The number of Topliss-reactive ketones (excluding diaryl/α,β-unsaturated/α-hetero) is 1. The molecular formula is C9H10N2O2. The average Bonchev–Trinajstić information content (AvgIpc) is 2.17. The first-order valence-electron chi connectivity index (χ1n) is 3.73. The number of ether oxygens (including phenoxy) is 1. The SMILES string of the molecule is C=C(C)C(=O)c1ccc(OC)nn1. The predicted molar refractivity (Wildman–Crippen MR) is 47.7 cm³/mol. The van der Waals surface area contributed by atoms with Crippen molar-refractivity contribution in [2.45, 2.75) is 6.92 Å². The van der Waals surface area contributed by atoms with Crippen LogP contribution in [-0.4, -0.2) is 23.1 Å². The summed E-state index contributed by atoms with van der Waals surface area (Å²) >= 11 is 0. The van der Waals surface area contributed by atoms with Crippen LogP contribution in [0, 0.1) is 0 Å². The fraction of sp³-hybridized carbons (Fsp3) is 0.222. The lowest BCUT2D eigenvalue weighted by molar-refractivity contribution is 0.102. The van der Waals surface area contributed by atoms with Crippen LogP contribution in [-0.2, 0) is 0 Å². The second kappa shape index (κ2) is 3.80. The van der Waals surface area contributed by atoms with Crippen molar-refractivity contribution < 1.29 is 9.53 Å². The molecule has 1 aromatic heterocycles. The first-order valence-corrected chi connectivity index (χ1v) is 3.73. The van der Waals surface area contributed by atoms with Crippen LogP contribution in [0.15, 0.2) is 24.3 Å². The Morgan fingerprint density at radius 1 is 1.46 bits per heavy atom. The molecule has 0 atom stereocenters. The second-order valence-electron chi connectivity index (χ2n) is 2.57. The quantitative estimate of drug-likeness (QED) is 0.516. The van der Waals surface area contributed by atoms with Crippen molar-refractivity contribution in [3.63, 3.8) is 0 Å². The summed E-state index contributed by atoms with van der Waals surface area (Å²) in [6, 6.07) is 3.14. The summed E-state index contributed by atoms with van der Waals surface area (Å²) in [6.45, 7) is 5.16. The zero-order valence-corrected chi connectivity index (χ0v) is 7.57. The van der Waals surface area contributed by atoms with E-state index in [1.807, 2.05) is 0 Å². The lowest BCUT2D eigenvalue weighted by atomic mass is 10.1. The van der Waals surface area contributed by atoms with E-state index in [0.717, 1.165) is 0 Å². The molecule has 0 spiro atoms. The van der Waals surface area contributed by atoms with Crippen molar-refractivity contribution in [3.8, 4) is 5.88 Å². The Morgan fingerprint density at radius 2 is 2.15 bits per heavy atom. The molecule has 0 fully saturated rings. The Kier molecular flexibility index (Phi) is 2.74. The van der Waals surface area contributed by atoms with E-state index < -0.39 is 0 Å². The third-order valence-corrected chi connectivity index (χ3v) is 1.47. The molecule has 4 heteroatoms. The molecule has 1 aromatic rings. The van der Waals surface area contributed by atoms with Crippen LogP contribution in [0.1, 0.15) is 17.4 Å². The third kappa shape index (κ3) is 2.11. The Morgan fingerprint density at radius 3 is 2.54 bits per heavy atom. The van der Waals surface area contributed by atoms with E-state index in [-0.39, 0.29) is 11.5 Å². The largest absolute Gasteiger partial charge is 0.480 e. The van der Waals surface area contributed by atoms with Gasteiger partial charge in [0.15, 0.2) is 0 Å². The van der Waals surface area contributed by atoms with Gasteiger partial charge in [-0.1, -0.05) is 6.58 Å². The van der Waals surface area contributed by atoms with E-state index in [0.29, 0.717) is 11.5 Å². The van der Waals surface area contributed by atoms with Crippen LogP contribution in [0.2, 0.25) is 0 Å². The fourth-order valence-corrected chi connectivity index (χ4v) is 0.769. The maximum absolute atomic E-state index is 11.3. The van der Waals surface area contributed by atoms with Crippen LogP contribution in [0.25, 0.3) is 0 Å². The Labute approximate surface area is 76.2 Å². The van der Waals surface area contributed by atoms with E-state index >= 15 is 0 Å². The van der Waals surface area contributed by atoms with Gasteiger partial charge in [-0.05, 0) is 18.6 Å². The van der Waals surface area contributed by atoms with Crippen LogP contribution in [0.3, 0.4) is 0 Å². The summed E-state index contributed by atoms with van der Waals surface area (Å²) in [5, 5.41) is 7.35. The first-order chi connectivity index (χ1) is 6.15. The van der Waals surface area contributed by atoms with Gasteiger partial charge in [0.05, 0.1) is 7.11 Å². The molecule has 0 N–H and O–H groups in total. The van der Waals surface area contributed by atoms with Gasteiger partial charge in [0.25, 0.3) is 0 Å². The van der Waals surface area contributed by atoms with Gasteiger partial charge in [-0.25, -0.2) is 0 Å². The number of carbonyl (C=O) groups is 1. The molecule has 68 valence electrons. The summed E-state index contributed by atoms with van der Waals surface area (Å²) < 4.78 is 4.80. The standard InChI is InChI=1S/C9H10N2O2/c1-6(2)9(12)7-4-5-8(13-3)11-10-7/h4-5H,1H2,2-3H3. The molecule has 4 nitrogen and oxygen atoms in total. The van der Waals surface area contributed by atoms with Crippen LogP contribution >= 0.6 is 0 Å². The number of ketones is 1. The van der Waals surface area contributed by atoms with Gasteiger partial charge < -0.3 is 4.74 Å². The number of allylic oxidation sites excluding steroid dienone is 1. The van der Waals surface area contributed by atoms with Gasteiger partial charge in [-0.15, -0.1) is 10.2 Å². The fourth-order valence-electron chi connectivity index (χ4n) is 0.769. The number of hydrogen-bond acceptors (Lipinski definition) is 4. The zero-order chi connectivity index (χ0) is 9.84. The van der Waals surface area contributed by atoms with Gasteiger partial charge in [-0.2, -0.15) is 0 Å². The number of nitrogens with zero attached hydrogens (tertiary/aromatic N) is 2. The van der Waals surface area contributed by atoms with Crippen LogP contribution < -0.4 is 4.74 Å². The van der Waals surface area contributed by atoms with Gasteiger partial charge in [-0.3, -0.25) is 4.79 Å². The average molecular weight is 178 g/mol. The van der Waals surface area contributed by atoms with Crippen LogP contribution in [0.4, 0.5) is 0 Å².